The van der Waals surface area contributed by atoms with Crippen LogP contribution in [-0.2, 0) is 6.42 Å². The Morgan fingerprint density at radius 2 is 0.921 bits per heavy atom. The average molecular weight is 523 g/mol. The highest BCUT2D eigenvalue weighted by Gasteiger charge is 2.02. The van der Waals surface area contributed by atoms with Crippen molar-refractivity contribution in [1.29, 1.82) is 0 Å². The van der Waals surface area contributed by atoms with Crippen molar-refractivity contribution >= 4 is 0 Å². The highest BCUT2D eigenvalue weighted by Crippen LogP contribution is 2.17. The van der Waals surface area contributed by atoms with Crippen molar-refractivity contribution in [3.8, 4) is 11.8 Å². The fraction of sp³-hybridized carbons (Fsp3) is 0.789. The molecule has 0 aliphatic carbocycles. The van der Waals surface area contributed by atoms with E-state index in [1.807, 2.05) is 0 Å². The average Bonchev–Trinajstić information content (AvgIpc) is 2.93. The maximum absolute atomic E-state index is 3.41. The fourth-order valence-electron chi connectivity index (χ4n) is 5.56. The molecular weight excluding hydrogens is 456 g/mol. The summed E-state index contributed by atoms with van der Waals surface area (Å²) in [5.41, 5.74) is 2.65. The van der Waals surface area contributed by atoms with E-state index in [-0.39, 0.29) is 0 Å². The van der Waals surface area contributed by atoms with Crippen molar-refractivity contribution in [2.75, 3.05) is 0 Å². The van der Waals surface area contributed by atoms with E-state index in [1.54, 1.807) is 0 Å². The summed E-state index contributed by atoms with van der Waals surface area (Å²) in [6.07, 6.45) is 36.3. The molecule has 0 N–H and O–H groups in total. The van der Waals surface area contributed by atoms with Crippen molar-refractivity contribution in [2.24, 2.45) is 5.92 Å². The van der Waals surface area contributed by atoms with Crippen molar-refractivity contribution in [2.45, 2.75) is 188 Å². The summed E-state index contributed by atoms with van der Waals surface area (Å²) in [4.78, 5) is 0. The lowest BCUT2D eigenvalue weighted by Gasteiger charge is -2.10. The van der Waals surface area contributed by atoms with E-state index in [4.69, 9.17) is 0 Å². The number of hydrogen-bond acceptors (Lipinski definition) is 0. The first-order valence-corrected chi connectivity index (χ1v) is 17.3. The van der Waals surface area contributed by atoms with Crippen LogP contribution in [0.3, 0.4) is 0 Å². The zero-order valence-corrected chi connectivity index (χ0v) is 26.3. The lowest BCUT2D eigenvalue weighted by atomic mass is 9.96. The van der Waals surface area contributed by atoms with Gasteiger partial charge >= 0.3 is 0 Å². The van der Waals surface area contributed by atoms with E-state index in [0.29, 0.717) is 0 Å². The third-order valence-electron chi connectivity index (χ3n) is 8.30. The molecule has 0 saturated heterocycles. The smallest absolute Gasteiger partial charge is 0.0245 e. The second kappa shape index (κ2) is 27.4. The van der Waals surface area contributed by atoms with Gasteiger partial charge in [-0.05, 0) is 42.9 Å². The van der Waals surface area contributed by atoms with Gasteiger partial charge in [0, 0.05) is 12.0 Å². The molecule has 0 aromatic heterocycles. The maximum Gasteiger partial charge on any atom is 0.0245 e. The second-order valence-corrected chi connectivity index (χ2v) is 12.3. The van der Waals surface area contributed by atoms with Gasteiger partial charge < -0.3 is 0 Å². The summed E-state index contributed by atoms with van der Waals surface area (Å²) in [5.74, 6) is 7.66. The minimum absolute atomic E-state index is 0.879. The van der Waals surface area contributed by atoms with Gasteiger partial charge in [-0.1, -0.05) is 186 Å². The topological polar surface area (TPSA) is 0 Å². The maximum atomic E-state index is 3.41. The fourth-order valence-corrected chi connectivity index (χ4v) is 5.56. The lowest BCUT2D eigenvalue weighted by Crippen LogP contribution is -1.96. The molecule has 0 radical (unpaired) electrons. The van der Waals surface area contributed by atoms with Gasteiger partial charge in [0.1, 0.15) is 0 Å². The Morgan fingerprint density at radius 3 is 1.39 bits per heavy atom. The molecule has 0 nitrogen and oxygen atoms in total. The van der Waals surface area contributed by atoms with E-state index in [2.05, 4.69) is 56.9 Å². The van der Waals surface area contributed by atoms with Gasteiger partial charge in [-0.15, -0.1) is 0 Å². The number of benzene rings is 1. The molecule has 0 bridgehead atoms. The minimum Gasteiger partial charge on any atom is -0.0979 e. The Hall–Kier alpha value is -1.22. The van der Waals surface area contributed by atoms with Gasteiger partial charge in [-0.3, -0.25) is 0 Å². The van der Waals surface area contributed by atoms with Crippen LogP contribution < -0.4 is 0 Å². The molecule has 0 heterocycles. The van der Waals surface area contributed by atoms with E-state index in [1.165, 1.54) is 172 Å². The van der Waals surface area contributed by atoms with Crippen LogP contribution in [0.15, 0.2) is 24.3 Å². The third-order valence-corrected chi connectivity index (χ3v) is 8.30. The molecule has 0 amide bonds. The Morgan fingerprint density at radius 1 is 0.500 bits per heavy atom. The zero-order chi connectivity index (χ0) is 27.4. The standard InChI is InChI=1S/C38H66/c1-4-6-8-9-10-11-12-13-14-15-16-17-18-19-20-21-22-23-24-25-26-30-37-32-34-38(35-33-37)31-27-29-36(3)28-7-5-2/h32-36H,4-25,27-29,31H2,1-3H3. The van der Waals surface area contributed by atoms with Crippen LogP contribution in [0.4, 0.5) is 0 Å². The molecule has 1 rings (SSSR count). The first-order valence-electron chi connectivity index (χ1n) is 17.3. The minimum atomic E-state index is 0.879. The summed E-state index contributed by atoms with van der Waals surface area (Å²) in [6.45, 7) is 7.01. The first kappa shape index (κ1) is 34.8. The first-order chi connectivity index (χ1) is 18.8. The molecule has 1 unspecified atom stereocenters. The Kier molecular flexibility index (Phi) is 25.1. The molecule has 38 heavy (non-hydrogen) atoms. The van der Waals surface area contributed by atoms with E-state index in [0.717, 1.165) is 12.3 Å². The molecule has 0 heteroatoms. The predicted molar refractivity (Wildman–Crippen MR) is 173 cm³/mol. The molecule has 1 aromatic carbocycles. The van der Waals surface area contributed by atoms with Crippen molar-refractivity contribution in [3.05, 3.63) is 35.4 Å². The van der Waals surface area contributed by atoms with Gasteiger partial charge in [0.05, 0.1) is 0 Å². The van der Waals surface area contributed by atoms with Crippen LogP contribution >= 0.6 is 0 Å². The van der Waals surface area contributed by atoms with Crippen LogP contribution in [0, 0.1) is 17.8 Å². The summed E-state index contributed by atoms with van der Waals surface area (Å²) >= 11 is 0. The largest absolute Gasteiger partial charge is 0.0979 e. The molecule has 0 spiro atoms. The van der Waals surface area contributed by atoms with E-state index >= 15 is 0 Å². The van der Waals surface area contributed by atoms with Crippen LogP contribution in [0.5, 0.6) is 0 Å². The highest BCUT2D eigenvalue weighted by molar-refractivity contribution is 5.36. The Labute approximate surface area is 240 Å². The molecule has 0 aliphatic heterocycles. The molecule has 0 aliphatic rings. The number of rotatable bonds is 26. The van der Waals surface area contributed by atoms with E-state index < -0.39 is 0 Å². The van der Waals surface area contributed by atoms with Gasteiger partial charge in [-0.2, -0.15) is 0 Å². The monoisotopic (exact) mass is 523 g/mol. The second-order valence-electron chi connectivity index (χ2n) is 12.3. The molecular formula is C38H66. The van der Waals surface area contributed by atoms with Crippen molar-refractivity contribution in [1.82, 2.24) is 0 Å². The lowest BCUT2D eigenvalue weighted by molar-refractivity contribution is 0.457. The van der Waals surface area contributed by atoms with Crippen LogP contribution in [0.25, 0.3) is 0 Å². The SMILES string of the molecule is CCCCCCCCCCCCCCCCCCCCCC#Cc1ccc(CCCC(C)CCCC)cc1. The normalized spacial score (nSPS) is 11.9. The molecule has 218 valence electrons. The van der Waals surface area contributed by atoms with Crippen molar-refractivity contribution in [3.63, 3.8) is 0 Å². The Balaban J connectivity index is 1.86. The molecule has 1 aromatic rings. The summed E-state index contributed by atoms with van der Waals surface area (Å²) in [7, 11) is 0. The van der Waals surface area contributed by atoms with Gasteiger partial charge in [0.15, 0.2) is 0 Å². The number of aryl methyl sites for hydroxylation is 1. The predicted octanol–water partition coefficient (Wildman–Crippen LogP) is 13.0. The van der Waals surface area contributed by atoms with Gasteiger partial charge in [-0.25, -0.2) is 0 Å². The van der Waals surface area contributed by atoms with Crippen LogP contribution in [0.1, 0.15) is 192 Å². The quantitative estimate of drug-likeness (QED) is 0.0838. The number of hydrogen-bond donors (Lipinski definition) is 0. The van der Waals surface area contributed by atoms with Gasteiger partial charge in [0.25, 0.3) is 0 Å². The zero-order valence-electron chi connectivity index (χ0n) is 26.3. The molecule has 0 fully saturated rings. The van der Waals surface area contributed by atoms with Gasteiger partial charge in [0.2, 0.25) is 0 Å². The van der Waals surface area contributed by atoms with Crippen LogP contribution in [0.2, 0.25) is 0 Å². The summed E-state index contributed by atoms with van der Waals surface area (Å²) < 4.78 is 0. The Bertz CT molecular complexity index is 658. The summed E-state index contributed by atoms with van der Waals surface area (Å²) in [5, 5.41) is 0. The summed E-state index contributed by atoms with van der Waals surface area (Å²) in [6, 6.07) is 9.02. The molecule has 0 saturated carbocycles. The third kappa shape index (κ3) is 22.7. The van der Waals surface area contributed by atoms with Crippen molar-refractivity contribution < 1.29 is 0 Å². The number of unbranched alkanes of at least 4 members (excludes halogenated alkanes) is 20. The van der Waals surface area contributed by atoms with Crippen LogP contribution in [-0.4, -0.2) is 0 Å². The molecule has 1 atom stereocenters. The van der Waals surface area contributed by atoms with E-state index in [9.17, 15) is 0 Å². The highest BCUT2D eigenvalue weighted by atomic mass is 14.1.